The molecule has 1 aromatic heterocycles. The molecule has 1 N–H and O–H groups in total. The van der Waals surface area contributed by atoms with Crippen LogP contribution in [0.4, 0.5) is 5.69 Å². The van der Waals surface area contributed by atoms with Crippen LogP contribution in [0.25, 0.3) is 0 Å². The van der Waals surface area contributed by atoms with Gasteiger partial charge in [0, 0.05) is 19.1 Å². The summed E-state index contributed by atoms with van der Waals surface area (Å²) in [5, 5.41) is 7.69. The summed E-state index contributed by atoms with van der Waals surface area (Å²) in [5.41, 5.74) is 0.362. The van der Waals surface area contributed by atoms with Gasteiger partial charge < -0.3 is 10.2 Å². The molecule has 0 amide bonds. The van der Waals surface area contributed by atoms with Crippen molar-refractivity contribution in [3.63, 3.8) is 0 Å². The van der Waals surface area contributed by atoms with Gasteiger partial charge in [-0.2, -0.15) is 5.10 Å². The largest absolute Gasteiger partial charge is 0.380 e. The minimum atomic E-state index is -0.273. The van der Waals surface area contributed by atoms with E-state index in [1.165, 1.54) is 11.1 Å². The number of nitrogens with zero attached hydrogens (tertiary/aromatic N) is 3. The van der Waals surface area contributed by atoms with Crippen LogP contribution in [0, 0.1) is 0 Å². The molecule has 0 unspecified atom stereocenters. The molecule has 0 radical (unpaired) electrons. The van der Waals surface area contributed by atoms with Gasteiger partial charge in [0.15, 0.2) is 0 Å². The summed E-state index contributed by atoms with van der Waals surface area (Å²) in [7, 11) is 0. The maximum atomic E-state index is 12.0. The van der Waals surface area contributed by atoms with Gasteiger partial charge in [-0.15, -0.1) is 6.58 Å². The van der Waals surface area contributed by atoms with Gasteiger partial charge in [0.05, 0.1) is 18.4 Å². The number of hydrogen-bond acceptors (Lipinski definition) is 4. The standard InChI is InChI=1S/C15H23ClN4O/c1-3-7-19-9-5-12(6-10-19)18-13-11-17-20(8-4-2)15(21)14(13)16/h4,11-12,18H,2-3,5-10H2,1H3. The van der Waals surface area contributed by atoms with Gasteiger partial charge in [-0.25, -0.2) is 4.68 Å². The molecule has 0 aliphatic carbocycles. The highest BCUT2D eigenvalue weighted by molar-refractivity contribution is 6.32. The Kier molecular flexibility index (Phi) is 5.82. The Labute approximate surface area is 130 Å². The Morgan fingerprint density at radius 3 is 2.86 bits per heavy atom. The Balaban J connectivity index is 1.99. The van der Waals surface area contributed by atoms with Crippen LogP contribution in [-0.2, 0) is 6.54 Å². The summed E-state index contributed by atoms with van der Waals surface area (Å²) in [6, 6.07) is 0.354. The molecule has 116 valence electrons. The molecule has 0 aromatic carbocycles. The van der Waals surface area contributed by atoms with Crippen LogP contribution in [0.15, 0.2) is 23.6 Å². The van der Waals surface area contributed by atoms with Gasteiger partial charge in [-0.05, 0) is 25.8 Å². The molecular weight excluding hydrogens is 288 g/mol. The fourth-order valence-electron chi connectivity index (χ4n) is 2.66. The van der Waals surface area contributed by atoms with Crippen molar-refractivity contribution in [3.05, 3.63) is 34.2 Å². The minimum absolute atomic E-state index is 0.211. The lowest BCUT2D eigenvalue weighted by Gasteiger charge is -2.32. The normalized spacial score (nSPS) is 16.9. The van der Waals surface area contributed by atoms with E-state index >= 15 is 0 Å². The zero-order valence-electron chi connectivity index (χ0n) is 12.5. The fraction of sp³-hybridized carbons (Fsp3) is 0.600. The Bertz CT molecular complexity index is 535. The smallest absolute Gasteiger partial charge is 0.287 e. The number of piperidine rings is 1. The summed E-state index contributed by atoms with van der Waals surface area (Å²) >= 11 is 6.15. The van der Waals surface area contributed by atoms with Crippen LogP contribution < -0.4 is 10.9 Å². The first-order valence-electron chi connectivity index (χ1n) is 7.51. The molecule has 0 spiro atoms. The number of aromatic nitrogens is 2. The third-order valence-electron chi connectivity index (χ3n) is 3.77. The van der Waals surface area contributed by atoms with E-state index in [4.69, 9.17) is 11.6 Å². The zero-order valence-corrected chi connectivity index (χ0v) is 13.3. The predicted octanol–water partition coefficient (Wildman–Crippen LogP) is 2.37. The first-order valence-corrected chi connectivity index (χ1v) is 7.89. The SMILES string of the molecule is C=CCn1ncc(NC2CCN(CCC)CC2)c(Cl)c1=O. The number of nitrogens with one attached hydrogen (secondary N) is 1. The average molecular weight is 311 g/mol. The third-order valence-corrected chi connectivity index (χ3v) is 4.14. The summed E-state index contributed by atoms with van der Waals surface area (Å²) < 4.78 is 1.31. The van der Waals surface area contributed by atoms with Crippen LogP contribution in [-0.4, -0.2) is 40.4 Å². The third kappa shape index (κ3) is 4.08. The van der Waals surface area contributed by atoms with Crippen molar-refractivity contribution in [2.75, 3.05) is 25.0 Å². The molecule has 1 aliphatic heterocycles. The highest BCUT2D eigenvalue weighted by atomic mass is 35.5. The summed E-state index contributed by atoms with van der Waals surface area (Å²) in [6.07, 6.45) is 6.57. The van der Waals surface area contributed by atoms with Gasteiger partial charge in [-0.1, -0.05) is 24.6 Å². The van der Waals surface area contributed by atoms with E-state index in [1.54, 1.807) is 12.3 Å². The van der Waals surface area contributed by atoms with E-state index in [2.05, 4.69) is 28.8 Å². The van der Waals surface area contributed by atoms with Crippen molar-refractivity contribution in [2.45, 2.75) is 38.8 Å². The quantitative estimate of drug-likeness (QED) is 0.820. The van der Waals surface area contributed by atoms with Gasteiger partial charge in [0.1, 0.15) is 5.02 Å². The number of likely N-dealkylation sites (tertiary alicyclic amines) is 1. The number of anilines is 1. The molecule has 1 fully saturated rings. The molecule has 6 heteroatoms. The average Bonchev–Trinajstić information content (AvgIpc) is 2.49. The van der Waals surface area contributed by atoms with Crippen LogP contribution in [0.2, 0.25) is 5.02 Å². The van der Waals surface area contributed by atoms with Crippen LogP contribution in [0.5, 0.6) is 0 Å². The first-order chi connectivity index (χ1) is 10.2. The van der Waals surface area contributed by atoms with E-state index < -0.39 is 0 Å². The monoisotopic (exact) mass is 310 g/mol. The number of allylic oxidation sites excluding steroid dienone is 1. The number of halogens is 1. The molecule has 2 heterocycles. The van der Waals surface area contributed by atoms with Crippen molar-refractivity contribution in [1.29, 1.82) is 0 Å². The lowest BCUT2D eigenvalue weighted by molar-refractivity contribution is 0.219. The summed E-state index contributed by atoms with van der Waals surface area (Å²) in [6.45, 7) is 9.51. The summed E-state index contributed by atoms with van der Waals surface area (Å²) in [5.74, 6) is 0. The van der Waals surface area contributed by atoms with E-state index in [-0.39, 0.29) is 10.6 Å². The highest BCUT2D eigenvalue weighted by Gasteiger charge is 2.20. The Morgan fingerprint density at radius 2 is 2.24 bits per heavy atom. The van der Waals surface area contributed by atoms with Gasteiger partial charge in [0.25, 0.3) is 5.56 Å². The Hall–Kier alpha value is -1.33. The second-order valence-corrected chi connectivity index (χ2v) is 5.79. The lowest BCUT2D eigenvalue weighted by Crippen LogP contribution is -2.39. The van der Waals surface area contributed by atoms with E-state index in [0.717, 1.165) is 32.5 Å². The number of hydrogen-bond donors (Lipinski definition) is 1. The van der Waals surface area contributed by atoms with Crippen molar-refractivity contribution in [2.24, 2.45) is 0 Å². The van der Waals surface area contributed by atoms with Crippen molar-refractivity contribution < 1.29 is 0 Å². The van der Waals surface area contributed by atoms with Crippen LogP contribution in [0.3, 0.4) is 0 Å². The van der Waals surface area contributed by atoms with Gasteiger partial charge in [-0.3, -0.25) is 4.79 Å². The maximum Gasteiger partial charge on any atom is 0.287 e. The second-order valence-electron chi connectivity index (χ2n) is 5.41. The van der Waals surface area contributed by atoms with E-state index in [9.17, 15) is 4.79 Å². The summed E-state index contributed by atoms with van der Waals surface area (Å²) in [4.78, 5) is 14.5. The first kappa shape index (κ1) is 16.0. The zero-order chi connectivity index (χ0) is 15.2. The maximum absolute atomic E-state index is 12.0. The molecule has 1 aliphatic rings. The van der Waals surface area contributed by atoms with Crippen LogP contribution >= 0.6 is 11.6 Å². The minimum Gasteiger partial charge on any atom is -0.380 e. The molecule has 0 bridgehead atoms. The van der Waals surface area contributed by atoms with Gasteiger partial charge >= 0.3 is 0 Å². The molecule has 0 atom stereocenters. The molecule has 5 nitrogen and oxygen atoms in total. The molecule has 1 saturated heterocycles. The van der Waals surface area contributed by atoms with E-state index in [0.29, 0.717) is 18.3 Å². The van der Waals surface area contributed by atoms with E-state index in [1.807, 2.05) is 0 Å². The molecule has 21 heavy (non-hydrogen) atoms. The Morgan fingerprint density at radius 1 is 1.52 bits per heavy atom. The fourth-order valence-corrected chi connectivity index (χ4v) is 2.86. The molecule has 1 aromatic rings. The number of rotatable bonds is 6. The lowest BCUT2D eigenvalue weighted by atomic mass is 10.0. The molecular formula is C15H23ClN4O. The van der Waals surface area contributed by atoms with Crippen molar-refractivity contribution >= 4 is 17.3 Å². The van der Waals surface area contributed by atoms with Gasteiger partial charge in [0.2, 0.25) is 0 Å². The van der Waals surface area contributed by atoms with Crippen LogP contribution in [0.1, 0.15) is 26.2 Å². The predicted molar refractivity (Wildman–Crippen MR) is 87.1 cm³/mol. The van der Waals surface area contributed by atoms with Crippen molar-refractivity contribution in [1.82, 2.24) is 14.7 Å². The molecule has 2 rings (SSSR count). The highest BCUT2D eigenvalue weighted by Crippen LogP contribution is 2.20. The molecule has 0 saturated carbocycles. The second kappa shape index (κ2) is 7.61. The topological polar surface area (TPSA) is 50.2 Å². The van der Waals surface area contributed by atoms with Crippen molar-refractivity contribution in [3.8, 4) is 0 Å².